The van der Waals surface area contributed by atoms with Crippen LogP contribution in [0.25, 0.3) is 0 Å². The number of likely N-dealkylation sites (tertiary alicyclic amines) is 1. The van der Waals surface area contributed by atoms with Gasteiger partial charge < -0.3 is 25.6 Å². The van der Waals surface area contributed by atoms with E-state index in [1.54, 1.807) is 7.11 Å². The number of allylic oxidation sites excluding steroid dienone is 3. The zero-order valence-electron chi connectivity index (χ0n) is 21.3. The number of urea groups is 1. The van der Waals surface area contributed by atoms with Gasteiger partial charge in [0, 0.05) is 56.4 Å². The molecule has 0 aromatic heterocycles. The Kier molecular flexibility index (Phi) is 7.95. The summed E-state index contributed by atoms with van der Waals surface area (Å²) in [6.45, 7) is 1.96. The second-order valence-corrected chi connectivity index (χ2v) is 10.6. The topological polar surface area (TPSA) is 82.7 Å². The number of nitrogens with one attached hydrogen (secondary N) is 3. The van der Waals surface area contributed by atoms with Gasteiger partial charge in [-0.1, -0.05) is 55.3 Å². The van der Waals surface area contributed by atoms with Crippen LogP contribution >= 0.6 is 0 Å². The van der Waals surface area contributed by atoms with Crippen molar-refractivity contribution in [1.82, 2.24) is 15.5 Å². The number of benzene rings is 1. The van der Waals surface area contributed by atoms with Gasteiger partial charge in [0.05, 0.1) is 12.0 Å². The third-order valence-corrected chi connectivity index (χ3v) is 8.48. The van der Waals surface area contributed by atoms with E-state index in [1.165, 1.54) is 5.56 Å². The number of anilines is 1. The van der Waals surface area contributed by atoms with E-state index in [-0.39, 0.29) is 29.9 Å². The van der Waals surface area contributed by atoms with Crippen molar-refractivity contribution in [3.63, 3.8) is 0 Å². The number of methoxy groups -OCH3 is 1. The van der Waals surface area contributed by atoms with Crippen LogP contribution in [0.15, 0.2) is 48.6 Å². The summed E-state index contributed by atoms with van der Waals surface area (Å²) < 4.78 is 5.06. The maximum absolute atomic E-state index is 14.1. The highest BCUT2D eigenvalue weighted by atomic mass is 16.5. The predicted molar refractivity (Wildman–Crippen MR) is 142 cm³/mol. The third-order valence-electron chi connectivity index (χ3n) is 8.48. The molecule has 1 saturated carbocycles. The molecule has 4 aliphatic rings. The number of hydrogen-bond acceptors (Lipinski definition) is 4. The lowest BCUT2D eigenvalue weighted by molar-refractivity contribution is -0.138. The molecule has 7 heteroatoms. The second-order valence-electron chi connectivity index (χ2n) is 10.6. The monoisotopic (exact) mass is 492 g/mol. The molecule has 1 saturated heterocycles. The van der Waals surface area contributed by atoms with Crippen molar-refractivity contribution in [2.75, 3.05) is 32.1 Å². The molecule has 1 unspecified atom stereocenters. The van der Waals surface area contributed by atoms with Gasteiger partial charge >= 0.3 is 6.03 Å². The average Bonchev–Trinajstić information content (AvgIpc) is 3.37. The summed E-state index contributed by atoms with van der Waals surface area (Å²) in [5.74, 6) is 0.850. The van der Waals surface area contributed by atoms with E-state index in [0.717, 1.165) is 57.2 Å². The van der Waals surface area contributed by atoms with E-state index in [9.17, 15) is 9.59 Å². The Morgan fingerprint density at radius 3 is 2.83 bits per heavy atom. The van der Waals surface area contributed by atoms with E-state index in [1.807, 2.05) is 0 Å². The number of hydrogen-bond donors (Lipinski definition) is 3. The van der Waals surface area contributed by atoms with Crippen LogP contribution in [0, 0.1) is 17.8 Å². The van der Waals surface area contributed by atoms with E-state index in [0.29, 0.717) is 31.0 Å². The lowest BCUT2D eigenvalue weighted by Crippen LogP contribution is -2.52. The minimum atomic E-state index is -0.181. The minimum Gasteiger partial charge on any atom is -0.385 e. The molecular formula is C29H40N4O3. The second kappa shape index (κ2) is 11.5. The number of amides is 3. The number of rotatable bonds is 7. The summed E-state index contributed by atoms with van der Waals surface area (Å²) in [5.41, 5.74) is 2.39. The van der Waals surface area contributed by atoms with Crippen molar-refractivity contribution in [2.24, 2.45) is 17.8 Å². The molecular weight excluding hydrogens is 452 g/mol. The first-order valence-electron chi connectivity index (χ1n) is 13.7. The fraction of sp³-hybridized carbons (Fsp3) is 0.586. The Bertz CT molecular complexity index is 992. The van der Waals surface area contributed by atoms with Crippen molar-refractivity contribution >= 4 is 17.6 Å². The molecule has 194 valence electrons. The number of para-hydroxylation sites is 1. The van der Waals surface area contributed by atoms with Gasteiger partial charge in [0.2, 0.25) is 5.91 Å². The molecule has 7 nitrogen and oxygen atoms in total. The molecule has 1 aromatic rings. The Morgan fingerprint density at radius 2 is 2.00 bits per heavy atom. The zero-order valence-corrected chi connectivity index (χ0v) is 21.3. The molecule has 2 aliphatic heterocycles. The molecule has 6 atom stereocenters. The van der Waals surface area contributed by atoms with Gasteiger partial charge in [-0.25, -0.2) is 4.79 Å². The highest BCUT2D eigenvalue weighted by Crippen LogP contribution is 2.49. The maximum atomic E-state index is 14.1. The van der Waals surface area contributed by atoms with Crippen molar-refractivity contribution in [2.45, 2.75) is 63.1 Å². The first kappa shape index (κ1) is 24.9. The Balaban J connectivity index is 1.33. The first-order chi connectivity index (χ1) is 17.7. The van der Waals surface area contributed by atoms with E-state index >= 15 is 0 Å². The summed E-state index contributed by atoms with van der Waals surface area (Å²) in [5, 5.41) is 9.90. The van der Waals surface area contributed by atoms with Crippen LogP contribution in [-0.2, 0) is 9.53 Å². The molecule has 0 spiro atoms. The summed E-state index contributed by atoms with van der Waals surface area (Å²) in [6.07, 6.45) is 15.4. The number of ether oxygens (including phenoxy) is 1. The molecule has 3 amide bonds. The lowest BCUT2D eigenvalue weighted by atomic mass is 9.75. The van der Waals surface area contributed by atoms with Crippen molar-refractivity contribution in [3.05, 3.63) is 54.1 Å². The van der Waals surface area contributed by atoms with Crippen LogP contribution in [-0.4, -0.2) is 55.7 Å². The summed E-state index contributed by atoms with van der Waals surface area (Å²) in [7, 11) is 1.66. The molecule has 36 heavy (non-hydrogen) atoms. The van der Waals surface area contributed by atoms with Crippen LogP contribution in [0.5, 0.6) is 0 Å². The van der Waals surface area contributed by atoms with Gasteiger partial charge in [0.15, 0.2) is 0 Å². The molecule has 2 aliphatic carbocycles. The Hall–Kier alpha value is -2.80. The standard InChI is InChI=1S/C29H40N4O3/c1-36-19-9-17-30-29(35)32-25-15-8-6-13-22(25)28(34)33-18-16-23-26(20-10-3-2-4-11-20)31-24-14-7-5-12-21(24)27(23)33/h2-5,7,10,12,14,20,22-23,25-27,31H,6,8-9,11,13,15-19H2,1H3,(H2,30,32,35)/t20?,22-,23+,25+,26-,27-/m0/s1. The highest BCUT2D eigenvalue weighted by molar-refractivity contribution is 5.82. The minimum absolute atomic E-state index is 0.0877. The van der Waals surface area contributed by atoms with Crippen molar-refractivity contribution in [3.8, 4) is 0 Å². The molecule has 3 N–H and O–H groups in total. The largest absolute Gasteiger partial charge is 0.385 e. The van der Waals surface area contributed by atoms with Gasteiger partial charge in [0.25, 0.3) is 0 Å². The molecule has 0 radical (unpaired) electrons. The quantitative estimate of drug-likeness (QED) is 0.493. The predicted octanol–water partition coefficient (Wildman–Crippen LogP) is 4.40. The number of carbonyl (C=O) groups excluding carboxylic acids is 2. The normalized spacial score (nSPS) is 30.8. The third kappa shape index (κ3) is 5.17. The molecule has 2 fully saturated rings. The first-order valence-corrected chi connectivity index (χ1v) is 13.7. The van der Waals surface area contributed by atoms with Crippen LogP contribution in [0.3, 0.4) is 0 Å². The van der Waals surface area contributed by atoms with Crippen LogP contribution in [0.4, 0.5) is 10.5 Å². The zero-order chi connectivity index (χ0) is 24.9. The number of nitrogens with zero attached hydrogens (tertiary/aromatic N) is 1. The summed E-state index contributed by atoms with van der Waals surface area (Å²) in [4.78, 5) is 28.9. The van der Waals surface area contributed by atoms with Crippen LogP contribution in [0.2, 0.25) is 0 Å². The van der Waals surface area contributed by atoms with Crippen LogP contribution < -0.4 is 16.0 Å². The van der Waals surface area contributed by atoms with Crippen molar-refractivity contribution < 1.29 is 14.3 Å². The SMILES string of the molecule is COCCCNC(=O)N[C@@H]1CCCC[C@@H]1C(=O)N1CC[C@@H]2[C@H](C3C=CC=CC3)Nc3ccccc3[C@@H]21. The summed E-state index contributed by atoms with van der Waals surface area (Å²) >= 11 is 0. The highest BCUT2D eigenvalue weighted by Gasteiger charge is 2.49. The van der Waals surface area contributed by atoms with Gasteiger partial charge in [-0.2, -0.15) is 0 Å². The number of carbonyl (C=O) groups is 2. The average molecular weight is 493 g/mol. The van der Waals surface area contributed by atoms with Crippen LogP contribution in [0.1, 0.15) is 56.6 Å². The molecule has 2 heterocycles. The fourth-order valence-electron chi connectivity index (χ4n) is 6.75. The fourth-order valence-corrected chi connectivity index (χ4v) is 6.75. The van der Waals surface area contributed by atoms with E-state index in [4.69, 9.17) is 4.74 Å². The Labute approximate surface area is 214 Å². The molecule has 1 aromatic carbocycles. The number of fused-ring (bicyclic) bond motifs is 3. The maximum Gasteiger partial charge on any atom is 0.315 e. The van der Waals surface area contributed by atoms with Gasteiger partial charge in [-0.3, -0.25) is 4.79 Å². The van der Waals surface area contributed by atoms with E-state index < -0.39 is 0 Å². The van der Waals surface area contributed by atoms with Gasteiger partial charge in [0.1, 0.15) is 0 Å². The van der Waals surface area contributed by atoms with Gasteiger partial charge in [-0.05, 0) is 43.7 Å². The summed E-state index contributed by atoms with van der Waals surface area (Å²) in [6, 6.07) is 8.59. The smallest absolute Gasteiger partial charge is 0.315 e. The van der Waals surface area contributed by atoms with Gasteiger partial charge in [-0.15, -0.1) is 0 Å². The molecule has 0 bridgehead atoms. The lowest BCUT2D eigenvalue weighted by Gasteiger charge is -2.44. The van der Waals surface area contributed by atoms with Crippen molar-refractivity contribution in [1.29, 1.82) is 0 Å². The van der Waals surface area contributed by atoms with E-state index in [2.05, 4.69) is 69.4 Å². The molecule has 5 rings (SSSR count). The Morgan fingerprint density at radius 1 is 1.14 bits per heavy atom.